The molecule has 14 nitrogen and oxygen atoms in total. The van der Waals surface area contributed by atoms with Gasteiger partial charge in [0.1, 0.15) is 11.4 Å². The fourth-order valence-electron chi connectivity index (χ4n) is 4.89. The van der Waals surface area contributed by atoms with Crippen LogP contribution in [0.25, 0.3) is 22.5 Å². The van der Waals surface area contributed by atoms with Crippen LogP contribution in [0.5, 0.6) is 0 Å². The SMILES string of the molecule is COC(=O)[C@H](CO)n1cc(-c2cc(C(=O)C3CCNCC3)cc(-c3cn([C@@H](CCCCN)C(=O)OC)nn3)c2)nn1. The summed E-state index contributed by atoms with van der Waals surface area (Å²) in [6, 6.07) is 3.56. The van der Waals surface area contributed by atoms with Gasteiger partial charge in [0.25, 0.3) is 0 Å². The fourth-order valence-corrected chi connectivity index (χ4v) is 4.89. The standard InChI is InChI=1S/C27H36N8O6/c1-40-26(38)23(5-3-4-8-28)34-14-21(30-32-34)18-11-19(13-20(12-18)25(37)17-6-9-29-10-7-17)22-15-35(33-31-22)24(16-36)27(39)41-2/h11-15,17,23-24,29,36H,3-10,16,28H2,1-2H3/t23-,24-/m0/s1. The Morgan fingerprint density at radius 2 is 1.51 bits per heavy atom. The molecule has 3 aromatic rings. The maximum absolute atomic E-state index is 13.6. The average molecular weight is 569 g/mol. The molecule has 4 N–H and O–H groups in total. The van der Waals surface area contributed by atoms with Gasteiger partial charge in [-0.15, -0.1) is 10.2 Å². The van der Waals surface area contributed by atoms with Gasteiger partial charge in [0.2, 0.25) is 0 Å². The zero-order chi connectivity index (χ0) is 29.4. The predicted octanol–water partition coefficient (Wildman–Crippen LogP) is 0.935. The molecule has 41 heavy (non-hydrogen) atoms. The zero-order valence-electron chi connectivity index (χ0n) is 23.2. The molecule has 0 aliphatic carbocycles. The quantitative estimate of drug-likeness (QED) is 0.150. The van der Waals surface area contributed by atoms with E-state index >= 15 is 0 Å². The second-order valence-electron chi connectivity index (χ2n) is 9.90. The number of nitrogens with zero attached hydrogens (tertiary/aromatic N) is 6. The minimum Gasteiger partial charge on any atom is -0.467 e. The summed E-state index contributed by atoms with van der Waals surface area (Å²) in [6.07, 6.45) is 6.58. The van der Waals surface area contributed by atoms with Crippen molar-refractivity contribution in [1.29, 1.82) is 0 Å². The fraction of sp³-hybridized carbons (Fsp3) is 0.519. The number of unbranched alkanes of at least 4 members (excludes halogenated alkanes) is 1. The van der Waals surface area contributed by atoms with E-state index < -0.39 is 30.6 Å². The molecule has 1 aliphatic rings. The number of hydrogen-bond acceptors (Lipinski definition) is 12. The number of esters is 2. The molecule has 0 radical (unpaired) electrons. The number of ether oxygens (including phenoxy) is 2. The number of carbonyl (C=O) groups is 3. The van der Waals surface area contributed by atoms with Gasteiger partial charge >= 0.3 is 11.9 Å². The Hall–Kier alpha value is -4.01. The van der Waals surface area contributed by atoms with Gasteiger partial charge in [-0.25, -0.2) is 19.0 Å². The van der Waals surface area contributed by atoms with Gasteiger partial charge in [-0.1, -0.05) is 10.4 Å². The first-order valence-corrected chi connectivity index (χ1v) is 13.6. The number of piperidine rings is 1. The molecule has 1 aliphatic heterocycles. The van der Waals surface area contributed by atoms with Crippen molar-refractivity contribution >= 4 is 17.7 Å². The number of methoxy groups -OCH3 is 2. The summed E-state index contributed by atoms with van der Waals surface area (Å²) in [6.45, 7) is 1.52. The third-order valence-electron chi connectivity index (χ3n) is 7.23. The van der Waals surface area contributed by atoms with Crippen molar-refractivity contribution in [2.75, 3.05) is 40.5 Å². The first-order valence-electron chi connectivity index (χ1n) is 13.6. The molecular weight excluding hydrogens is 532 g/mol. The molecule has 0 saturated carbocycles. The first-order chi connectivity index (χ1) is 19.9. The second kappa shape index (κ2) is 14.1. The lowest BCUT2D eigenvalue weighted by atomic mass is 9.88. The molecular formula is C27H36N8O6. The number of carbonyl (C=O) groups excluding carboxylic acids is 3. The summed E-state index contributed by atoms with van der Waals surface area (Å²) in [5.41, 5.74) is 8.09. The Morgan fingerprint density at radius 1 is 0.951 bits per heavy atom. The molecule has 1 saturated heterocycles. The lowest BCUT2D eigenvalue weighted by molar-refractivity contribution is -0.146. The van der Waals surface area contributed by atoms with Gasteiger partial charge in [-0.05, 0) is 69.9 Å². The minimum absolute atomic E-state index is 0.00593. The summed E-state index contributed by atoms with van der Waals surface area (Å²) < 4.78 is 12.4. The van der Waals surface area contributed by atoms with Crippen LogP contribution < -0.4 is 11.1 Å². The zero-order valence-corrected chi connectivity index (χ0v) is 23.2. The van der Waals surface area contributed by atoms with Crippen LogP contribution in [0.2, 0.25) is 0 Å². The minimum atomic E-state index is -1.06. The summed E-state index contributed by atoms with van der Waals surface area (Å²) in [4.78, 5) is 38.1. The third kappa shape index (κ3) is 7.01. The van der Waals surface area contributed by atoms with Crippen LogP contribution >= 0.6 is 0 Å². The first kappa shape index (κ1) is 30.0. The van der Waals surface area contributed by atoms with Crippen molar-refractivity contribution in [3.05, 3.63) is 36.2 Å². The average Bonchev–Trinajstić information content (AvgIpc) is 3.70. The number of nitrogens with one attached hydrogen (secondary N) is 1. The summed E-state index contributed by atoms with van der Waals surface area (Å²) in [5, 5.41) is 29.7. The van der Waals surface area contributed by atoms with E-state index in [0.29, 0.717) is 47.5 Å². The number of aliphatic hydroxyl groups is 1. The van der Waals surface area contributed by atoms with E-state index in [9.17, 15) is 19.5 Å². The van der Waals surface area contributed by atoms with Crippen LogP contribution in [0.4, 0.5) is 0 Å². The Kier molecular flexibility index (Phi) is 10.3. The Bertz CT molecular complexity index is 1350. The summed E-state index contributed by atoms with van der Waals surface area (Å²) >= 11 is 0. The van der Waals surface area contributed by atoms with Crippen LogP contribution in [-0.2, 0) is 19.1 Å². The van der Waals surface area contributed by atoms with Crippen molar-refractivity contribution in [2.24, 2.45) is 11.7 Å². The van der Waals surface area contributed by atoms with Crippen molar-refractivity contribution < 1.29 is 29.0 Å². The number of ketones is 1. The van der Waals surface area contributed by atoms with E-state index in [1.165, 1.54) is 29.8 Å². The van der Waals surface area contributed by atoms with Crippen LogP contribution in [0.3, 0.4) is 0 Å². The van der Waals surface area contributed by atoms with E-state index in [1.54, 1.807) is 24.4 Å². The van der Waals surface area contributed by atoms with Crippen molar-refractivity contribution in [3.63, 3.8) is 0 Å². The van der Waals surface area contributed by atoms with Gasteiger partial charge < -0.3 is 25.6 Å². The second-order valence-corrected chi connectivity index (χ2v) is 9.90. The number of hydrogen-bond donors (Lipinski definition) is 3. The predicted molar refractivity (Wildman–Crippen MR) is 146 cm³/mol. The van der Waals surface area contributed by atoms with Crippen molar-refractivity contribution in [2.45, 2.75) is 44.2 Å². The number of Topliss-reactive ketones (excluding diaryl/α,β-unsaturated/α-hetero) is 1. The van der Waals surface area contributed by atoms with E-state index in [-0.39, 0.29) is 11.7 Å². The molecule has 1 aromatic carbocycles. The maximum atomic E-state index is 13.6. The molecule has 220 valence electrons. The highest BCUT2D eigenvalue weighted by Crippen LogP contribution is 2.30. The molecule has 0 amide bonds. The Labute approximate surface area is 237 Å². The van der Waals surface area contributed by atoms with E-state index in [4.69, 9.17) is 15.2 Å². The molecule has 2 aromatic heterocycles. The normalized spacial score (nSPS) is 15.3. The number of aliphatic hydroxyl groups excluding tert-OH is 1. The number of benzene rings is 1. The topological polar surface area (TPSA) is 189 Å². The molecule has 14 heteroatoms. The summed E-state index contributed by atoms with van der Waals surface area (Å²) in [7, 11) is 2.55. The third-order valence-corrected chi connectivity index (χ3v) is 7.23. The number of nitrogens with two attached hydrogens (primary N) is 1. The largest absolute Gasteiger partial charge is 0.467 e. The maximum Gasteiger partial charge on any atom is 0.333 e. The van der Waals surface area contributed by atoms with Crippen LogP contribution in [-0.4, -0.2) is 93.3 Å². The van der Waals surface area contributed by atoms with E-state index in [0.717, 1.165) is 32.4 Å². The van der Waals surface area contributed by atoms with Crippen molar-refractivity contribution in [3.8, 4) is 22.5 Å². The van der Waals surface area contributed by atoms with Gasteiger partial charge in [0.15, 0.2) is 17.9 Å². The van der Waals surface area contributed by atoms with E-state index in [1.807, 2.05) is 0 Å². The lowest BCUT2D eigenvalue weighted by Gasteiger charge is -2.21. The molecule has 0 unspecified atom stereocenters. The number of rotatable bonds is 13. The van der Waals surface area contributed by atoms with Crippen LogP contribution in [0.15, 0.2) is 30.6 Å². The molecule has 1 fully saturated rings. The molecule has 0 bridgehead atoms. The monoisotopic (exact) mass is 568 g/mol. The van der Waals surface area contributed by atoms with Gasteiger partial charge in [0, 0.05) is 22.6 Å². The van der Waals surface area contributed by atoms with Gasteiger partial charge in [0.05, 0.1) is 33.2 Å². The van der Waals surface area contributed by atoms with Gasteiger partial charge in [-0.2, -0.15) is 0 Å². The highest BCUT2D eigenvalue weighted by molar-refractivity contribution is 6.00. The number of aromatic nitrogens is 6. The highest BCUT2D eigenvalue weighted by Gasteiger charge is 2.27. The molecule has 0 spiro atoms. The van der Waals surface area contributed by atoms with Crippen LogP contribution in [0, 0.1) is 5.92 Å². The highest BCUT2D eigenvalue weighted by atomic mass is 16.5. The van der Waals surface area contributed by atoms with Crippen molar-refractivity contribution in [1.82, 2.24) is 35.3 Å². The molecule has 4 rings (SSSR count). The smallest absolute Gasteiger partial charge is 0.333 e. The molecule has 3 heterocycles. The summed E-state index contributed by atoms with van der Waals surface area (Å²) in [5.74, 6) is -1.22. The van der Waals surface area contributed by atoms with E-state index in [2.05, 4.69) is 25.9 Å². The Morgan fingerprint density at radius 3 is 2.05 bits per heavy atom. The van der Waals surface area contributed by atoms with Crippen LogP contribution in [0.1, 0.15) is 54.5 Å². The lowest BCUT2D eigenvalue weighted by Crippen LogP contribution is -2.31. The Balaban J connectivity index is 1.73. The van der Waals surface area contributed by atoms with Gasteiger partial charge in [-0.3, -0.25) is 4.79 Å². The molecule has 2 atom stereocenters.